The third-order valence-corrected chi connectivity index (χ3v) is 3.57. The van der Waals surface area contributed by atoms with Gasteiger partial charge in [0.25, 0.3) is 0 Å². The van der Waals surface area contributed by atoms with Crippen LogP contribution in [-0.2, 0) is 6.42 Å². The van der Waals surface area contributed by atoms with Crippen molar-refractivity contribution in [3.63, 3.8) is 0 Å². The third kappa shape index (κ3) is 2.90. The topological polar surface area (TPSA) is 50.9 Å². The summed E-state index contributed by atoms with van der Waals surface area (Å²) in [5, 5.41) is 2.78. The lowest BCUT2D eigenvalue weighted by Gasteiger charge is -2.15. The fourth-order valence-electron chi connectivity index (χ4n) is 1.71. The van der Waals surface area contributed by atoms with Crippen molar-refractivity contribution in [2.75, 3.05) is 0 Å². The highest BCUT2D eigenvalue weighted by atomic mass is 32.1. The van der Waals surface area contributed by atoms with Gasteiger partial charge in [0.1, 0.15) is 11.6 Å². The van der Waals surface area contributed by atoms with E-state index in [2.05, 4.69) is 10.4 Å². The molecule has 1 unspecified atom stereocenters. The largest absolute Gasteiger partial charge is 0.271 e. The molecule has 0 bridgehead atoms. The van der Waals surface area contributed by atoms with Crippen LogP contribution < -0.4 is 11.3 Å². The fourth-order valence-corrected chi connectivity index (χ4v) is 2.53. The van der Waals surface area contributed by atoms with Crippen LogP contribution in [0.2, 0.25) is 0 Å². The summed E-state index contributed by atoms with van der Waals surface area (Å²) in [7, 11) is 0. The Bertz CT molecular complexity index is 542. The minimum absolute atomic E-state index is 0.340. The molecule has 0 aliphatic heterocycles. The molecule has 18 heavy (non-hydrogen) atoms. The van der Waals surface area contributed by atoms with Gasteiger partial charge in [-0.25, -0.2) is 13.8 Å². The highest BCUT2D eigenvalue weighted by Crippen LogP contribution is 2.23. The molecule has 1 atom stereocenters. The SMILES string of the molecule is Cc1csc(CC(NN)c2ccc(F)cc2F)n1. The van der Waals surface area contributed by atoms with E-state index in [1.54, 1.807) is 0 Å². The summed E-state index contributed by atoms with van der Waals surface area (Å²) in [6.07, 6.45) is 0.470. The van der Waals surface area contributed by atoms with E-state index in [9.17, 15) is 8.78 Å². The fraction of sp³-hybridized carbons (Fsp3) is 0.250. The zero-order valence-electron chi connectivity index (χ0n) is 9.78. The first-order valence-electron chi connectivity index (χ1n) is 5.42. The Hall–Kier alpha value is -1.37. The number of aromatic nitrogens is 1. The maximum atomic E-state index is 13.6. The number of thiazole rings is 1. The summed E-state index contributed by atoms with van der Waals surface area (Å²) in [4.78, 5) is 4.30. The molecule has 6 heteroatoms. The number of hydrazine groups is 1. The number of benzene rings is 1. The molecule has 0 fully saturated rings. The zero-order chi connectivity index (χ0) is 13.1. The Morgan fingerprint density at radius 1 is 1.44 bits per heavy atom. The molecule has 0 saturated heterocycles. The number of nitrogens with two attached hydrogens (primary N) is 1. The van der Waals surface area contributed by atoms with E-state index < -0.39 is 17.7 Å². The van der Waals surface area contributed by atoms with Gasteiger partial charge < -0.3 is 0 Å². The Morgan fingerprint density at radius 2 is 2.22 bits per heavy atom. The second-order valence-electron chi connectivity index (χ2n) is 3.97. The molecule has 0 radical (unpaired) electrons. The zero-order valence-corrected chi connectivity index (χ0v) is 10.6. The van der Waals surface area contributed by atoms with Gasteiger partial charge in [0, 0.05) is 29.1 Å². The van der Waals surface area contributed by atoms with Crippen molar-refractivity contribution in [1.82, 2.24) is 10.4 Å². The van der Waals surface area contributed by atoms with Crippen LogP contribution in [0.15, 0.2) is 23.6 Å². The monoisotopic (exact) mass is 269 g/mol. The van der Waals surface area contributed by atoms with Crippen molar-refractivity contribution in [3.8, 4) is 0 Å². The van der Waals surface area contributed by atoms with Crippen LogP contribution in [0.3, 0.4) is 0 Å². The first-order chi connectivity index (χ1) is 8.60. The molecule has 3 nitrogen and oxygen atoms in total. The van der Waals surface area contributed by atoms with Gasteiger partial charge in [-0.05, 0) is 13.0 Å². The van der Waals surface area contributed by atoms with Crippen LogP contribution in [0.4, 0.5) is 8.78 Å². The molecule has 3 N–H and O–H groups in total. The number of rotatable bonds is 4. The van der Waals surface area contributed by atoms with Crippen molar-refractivity contribution in [2.24, 2.45) is 5.84 Å². The van der Waals surface area contributed by atoms with E-state index in [1.165, 1.54) is 23.5 Å². The summed E-state index contributed by atoms with van der Waals surface area (Å²) in [5.41, 5.74) is 3.80. The Labute approximate surface area is 108 Å². The number of aryl methyl sites for hydroxylation is 1. The van der Waals surface area contributed by atoms with Gasteiger partial charge in [0.15, 0.2) is 0 Å². The molecule has 1 heterocycles. The summed E-state index contributed by atoms with van der Waals surface area (Å²) in [5.74, 6) is 4.23. The van der Waals surface area contributed by atoms with Gasteiger partial charge >= 0.3 is 0 Å². The third-order valence-electron chi connectivity index (χ3n) is 2.58. The maximum Gasteiger partial charge on any atom is 0.130 e. The second-order valence-corrected chi connectivity index (χ2v) is 4.91. The normalized spacial score (nSPS) is 12.7. The highest BCUT2D eigenvalue weighted by Gasteiger charge is 2.17. The summed E-state index contributed by atoms with van der Waals surface area (Å²) in [6, 6.07) is 3.05. The number of nitrogens with zero attached hydrogens (tertiary/aromatic N) is 1. The molecular formula is C12H13F2N3S. The molecular weight excluding hydrogens is 256 g/mol. The van der Waals surface area contributed by atoms with Gasteiger partial charge in [-0.15, -0.1) is 11.3 Å². The molecule has 1 aromatic carbocycles. The number of hydrogen-bond acceptors (Lipinski definition) is 4. The van der Waals surface area contributed by atoms with Crippen molar-refractivity contribution in [2.45, 2.75) is 19.4 Å². The molecule has 2 aromatic rings. The van der Waals surface area contributed by atoms with Crippen molar-refractivity contribution in [3.05, 3.63) is 51.5 Å². The number of nitrogens with one attached hydrogen (secondary N) is 1. The number of halogens is 2. The minimum atomic E-state index is -0.605. The van der Waals surface area contributed by atoms with Crippen molar-refractivity contribution in [1.29, 1.82) is 0 Å². The van der Waals surface area contributed by atoms with E-state index in [1.807, 2.05) is 12.3 Å². The van der Waals surface area contributed by atoms with Crippen LogP contribution in [0.1, 0.15) is 22.3 Å². The lowest BCUT2D eigenvalue weighted by Crippen LogP contribution is -2.30. The van der Waals surface area contributed by atoms with Gasteiger partial charge in [0.05, 0.1) is 11.0 Å². The van der Waals surface area contributed by atoms with Crippen LogP contribution in [0.5, 0.6) is 0 Å². The Morgan fingerprint density at radius 3 is 2.78 bits per heavy atom. The molecule has 0 saturated carbocycles. The Kier molecular flexibility index (Phi) is 4.00. The van der Waals surface area contributed by atoms with Crippen LogP contribution in [-0.4, -0.2) is 4.98 Å². The lowest BCUT2D eigenvalue weighted by molar-refractivity contribution is 0.501. The van der Waals surface area contributed by atoms with Gasteiger partial charge in [-0.3, -0.25) is 11.3 Å². The molecule has 0 aliphatic carbocycles. The van der Waals surface area contributed by atoms with Gasteiger partial charge in [0.2, 0.25) is 0 Å². The van der Waals surface area contributed by atoms with Crippen LogP contribution >= 0.6 is 11.3 Å². The summed E-state index contributed by atoms with van der Waals surface area (Å²) >= 11 is 1.49. The summed E-state index contributed by atoms with van der Waals surface area (Å²) in [6.45, 7) is 1.89. The first-order valence-corrected chi connectivity index (χ1v) is 6.30. The molecule has 2 rings (SSSR count). The average molecular weight is 269 g/mol. The Balaban J connectivity index is 2.22. The van der Waals surface area contributed by atoms with Crippen LogP contribution in [0.25, 0.3) is 0 Å². The minimum Gasteiger partial charge on any atom is -0.271 e. The summed E-state index contributed by atoms with van der Waals surface area (Å²) < 4.78 is 26.5. The van der Waals surface area contributed by atoms with E-state index in [0.29, 0.717) is 12.0 Å². The molecule has 0 spiro atoms. The van der Waals surface area contributed by atoms with Gasteiger partial charge in [-0.1, -0.05) is 6.07 Å². The predicted molar refractivity (Wildman–Crippen MR) is 67.0 cm³/mol. The molecule has 96 valence electrons. The van der Waals surface area contributed by atoms with E-state index in [0.717, 1.165) is 16.8 Å². The van der Waals surface area contributed by atoms with E-state index in [-0.39, 0.29) is 0 Å². The molecule has 1 aromatic heterocycles. The highest BCUT2D eigenvalue weighted by molar-refractivity contribution is 7.09. The lowest BCUT2D eigenvalue weighted by atomic mass is 10.0. The quantitative estimate of drug-likeness (QED) is 0.662. The van der Waals surface area contributed by atoms with Crippen molar-refractivity contribution >= 4 is 11.3 Å². The first kappa shape index (κ1) is 13.1. The predicted octanol–water partition coefficient (Wildman–Crippen LogP) is 2.48. The van der Waals surface area contributed by atoms with E-state index in [4.69, 9.17) is 5.84 Å². The number of hydrogen-bond donors (Lipinski definition) is 2. The van der Waals surface area contributed by atoms with Gasteiger partial charge in [-0.2, -0.15) is 0 Å². The standard InChI is InChI=1S/C12H13F2N3S/c1-7-6-18-12(16-7)5-11(17-15)9-3-2-8(13)4-10(9)14/h2-4,6,11,17H,5,15H2,1H3. The van der Waals surface area contributed by atoms with E-state index >= 15 is 0 Å². The average Bonchev–Trinajstić information content (AvgIpc) is 2.72. The molecule has 0 amide bonds. The second kappa shape index (κ2) is 5.51. The smallest absolute Gasteiger partial charge is 0.130 e. The van der Waals surface area contributed by atoms with Crippen LogP contribution in [0, 0.1) is 18.6 Å². The maximum absolute atomic E-state index is 13.6. The van der Waals surface area contributed by atoms with Crippen molar-refractivity contribution < 1.29 is 8.78 Å². The molecule has 0 aliphatic rings.